The predicted molar refractivity (Wildman–Crippen MR) is 75.2 cm³/mol. The van der Waals surface area contributed by atoms with E-state index in [4.69, 9.17) is 0 Å². The normalized spacial score (nSPS) is 23.1. The van der Waals surface area contributed by atoms with Gasteiger partial charge in [-0.05, 0) is 32.9 Å². The third-order valence-electron chi connectivity index (χ3n) is 3.82. The molecule has 1 amide bonds. The van der Waals surface area contributed by atoms with E-state index in [1.54, 1.807) is 25.1 Å². The van der Waals surface area contributed by atoms with Crippen LogP contribution in [-0.4, -0.2) is 25.1 Å². The summed E-state index contributed by atoms with van der Waals surface area (Å²) in [6.07, 6.45) is 0.787. The molecule has 0 aliphatic carbocycles. The van der Waals surface area contributed by atoms with Gasteiger partial charge < -0.3 is 15.4 Å². The van der Waals surface area contributed by atoms with Crippen molar-refractivity contribution in [3.05, 3.63) is 29.8 Å². The maximum Gasteiger partial charge on any atom is 0.387 e. The lowest BCUT2D eigenvalue weighted by atomic mass is 9.99. The van der Waals surface area contributed by atoms with Gasteiger partial charge in [0.1, 0.15) is 5.75 Å². The first-order valence-corrected chi connectivity index (χ1v) is 7.06. The van der Waals surface area contributed by atoms with E-state index in [2.05, 4.69) is 15.4 Å². The SMILES string of the molecule is CC(NC(=O)C1CCNC1C)c1ccccc1OC(F)F. The van der Waals surface area contributed by atoms with Crippen molar-refractivity contribution in [3.8, 4) is 5.75 Å². The first-order valence-electron chi connectivity index (χ1n) is 7.06. The Morgan fingerprint density at radius 1 is 1.43 bits per heavy atom. The number of halogens is 2. The largest absolute Gasteiger partial charge is 0.434 e. The summed E-state index contributed by atoms with van der Waals surface area (Å²) in [6, 6.07) is 6.25. The van der Waals surface area contributed by atoms with E-state index in [0.29, 0.717) is 5.56 Å². The molecule has 1 fully saturated rings. The van der Waals surface area contributed by atoms with E-state index in [9.17, 15) is 13.6 Å². The van der Waals surface area contributed by atoms with E-state index in [1.807, 2.05) is 6.92 Å². The van der Waals surface area contributed by atoms with Crippen LogP contribution in [-0.2, 0) is 4.79 Å². The zero-order valence-electron chi connectivity index (χ0n) is 12.1. The number of benzene rings is 1. The summed E-state index contributed by atoms with van der Waals surface area (Å²) in [5.74, 6) is -0.0552. The molecular formula is C15H20F2N2O2. The van der Waals surface area contributed by atoms with Crippen LogP contribution in [0.2, 0.25) is 0 Å². The van der Waals surface area contributed by atoms with Gasteiger partial charge in [-0.3, -0.25) is 4.79 Å². The van der Waals surface area contributed by atoms with Crippen molar-refractivity contribution in [1.82, 2.24) is 10.6 Å². The molecule has 4 nitrogen and oxygen atoms in total. The molecule has 1 saturated heterocycles. The fraction of sp³-hybridized carbons (Fsp3) is 0.533. The van der Waals surface area contributed by atoms with Crippen LogP contribution in [0.4, 0.5) is 8.78 Å². The highest BCUT2D eigenvalue weighted by Gasteiger charge is 2.30. The first-order chi connectivity index (χ1) is 9.99. The van der Waals surface area contributed by atoms with E-state index in [1.165, 1.54) is 6.07 Å². The summed E-state index contributed by atoms with van der Waals surface area (Å²) in [5, 5.41) is 6.09. The summed E-state index contributed by atoms with van der Waals surface area (Å²) in [7, 11) is 0. The van der Waals surface area contributed by atoms with Crippen molar-refractivity contribution >= 4 is 5.91 Å². The van der Waals surface area contributed by atoms with Crippen LogP contribution < -0.4 is 15.4 Å². The fourth-order valence-corrected chi connectivity index (χ4v) is 2.66. The van der Waals surface area contributed by atoms with E-state index in [-0.39, 0.29) is 29.7 Å². The Kier molecular flexibility index (Phi) is 5.12. The van der Waals surface area contributed by atoms with Crippen molar-refractivity contribution in [3.63, 3.8) is 0 Å². The second kappa shape index (κ2) is 6.85. The minimum absolute atomic E-state index is 0.0631. The van der Waals surface area contributed by atoms with Gasteiger partial charge in [0.05, 0.1) is 12.0 Å². The minimum Gasteiger partial charge on any atom is -0.434 e. The summed E-state index contributed by atoms with van der Waals surface area (Å²) < 4.78 is 29.3. The smallest absolute Gasteiger partial charge is 0.387 e. The summed E-state index contributed by atoms with van der Waals surface area (Å²) in [4.78, 5) is 12.2. The number of amides is 1. The maximum absolute atomic E-state index is 12.4. The van der Waals surface area contributed by atoms with Gasteiger partial charge >= 0.3 is 6.61 Å². The molecular weight excluding hydrogens is 278 g/mol. The molecule has 116 valence electrons. The van der Waals surface area contributed by atoms with Crippen LogP contribution >= 0.6 is 0 Å². The predicted octanol–water partition coefficient (Wildman–Crippen LogP) is 2.46. The summed E-state index contributed by atoms with van der Waals surface area (Å²) in [5.41, 5.74) is 0.546. The molecule has 0 radical (unpaired) electrons. The third-order valence-corrected chi connectivity index (χ3v) is 3.82. The Labute approximate surface area is 122 Å². The number of hydrogen-bond acceptors (Lipinski definition) is 3. The lowest BCUT2D eigenvalue weighted by molar-refractivity contribution is -0.125. The number of carbonyl (C=O) groups is 1. The molecule has 3 unspecified atom stereocenters. The number of rotatable bonds is 5. The highest BCUT2D eigenvalue weighted by Crippen LogP contribution is 2.27. The average Bonchev–Trinajstić information content (AvgIpc) is 2.85. The van der Waals surface area contributed by atoms with Gasteiger partial charge in [0.25, 0.3) is 0 Å². The fourth-order valence-electron chi connectivity index (χ4n) is 2.66. The van der Waals surface area contributed by atoms with Crippen LogP contribution in [0.1, 0.15) is 31.9 Å². The van der Waals surface area contributed by atoms with Gasteiger partial charge in [-0.1, -0.05) is 18.2 Å². The molecule has 21 heavy (non-hydrogen) atoms. The number of para-hydroxylation sites is 1. The molecule has 0 aromatic heterocycles. The molecule has 1 aromatic carbocycles. The maximum atomic E-state index is 12.4. The van der Waals surface area contributed by atoms with E-state index < -0.39 is 6.61 Å². The molecule has 2 N–H and O–H groups in total. The lowest BCUT2D eigenvalue weighted by Crippen LogP contribution is -2.38. The number of carbonyl (C=O) groups excluding carboxylic acids is 1. The number of hydrogen-bond donors (Lipinski definition) is 2. The molecule has 6 heteroatoms. The second-order valence-corrected chi connectivity index (χ2v) is 5.28. The highest BCUT2D eigenvalue weighted by molar-refractivity contribution is 5.80. The molecule has 0 saturated carbocycles. The Bertz CT molecular complexity index is 496. The summed E-state index contributed by atoms with van der Waals surface area (Å²) >= 11 is 0. The van der Waals surface area contributed by atoms with Gasteiger partial charge in [0.15, 0.2) is 0 Å². The molecule has 1 aromatic rings. The average molecular weight is 298 g/mol. The quantitative estimate of drug-likeness (QED) is 0.878. The molecule has 1 aliphatic rings. The van der Waals surface area contributed by atoms with E-state index in [0.717, 1.165) is 13.0 Å². The van der Waals surface area contributed by atoms with Crippen molar-refractivity contribution in [2.75, 3.05) is 6.54 Å². The van der Waals surface area contributed by atoms with Crippen LogP contribution in [0, 0.1) is 5.92 Å². The standard InChI is InChI=1S/C15H20F2N2O2/c1-9-12(7-8-18-9)14(20)19-10(2)11-5-3-4-6-13(11)21-15(16)17/h3-6,9-10,12,15,18H,7-8H2,1-2H3,(H,19,20). The van der Waals surface area contributed by atoms with Crippen LogP contribution in [0.15, 0.2) is 24.3 Å². The zero-order valence-corrected chi connectivity index (χ0v) is 12.1. The van der Waals surface area contributed by atoms with Crippen molar-refractivity contribution < 1.29 is 18.3 Å². The Morgan fingerprint density at radius 2 is 2.14 bits per heavy atom. The molecule has 0 spiro atoms. The van der Waals surface area contributed by atoms with Gasteiger partial charge in [-0.15, -0.1) is 0 Å². The van der Waals surface area contributed by atoms with Gasteiger partial charge in [0.2, 0.25) is 5.91 Å². The minimum atomic E-state index is -2.88. The molecule has 2 rings (SSSR count). The summed E-state index contributed by atoms with van der Waals surface area (Å²) in [6.45, 7) is 1.67. The second-order valence-electron chi connectivity index (χ2n) is 5.28. The van der Waals surface area contributed by atoms with Crippen LogP contribution in [0.25, 0.3) is 0 Å². The topological polar surface area (TPSA) is 50.4 Å². The number of nitrogens with one attached hydrogen (secondary N) is 2. The Morgan fingerprint density at radius 3 is 2.76 bits per heavy atom. The number of alkyl halides is 2. The monoisotopic (exact) mass is 298 g/mol. The molecule has 1 aliphatic heterocycles. The van der Waals surface area contributed by atoms with Gasteiger partial charge in [-0.25, -0.2) is 0 Å². The first kappa shape index (κ1) is 15.7. The van der Waals surface area contributed by atoms with Crippen LogP contribution in [0.3, 0.4) is 0 Å². The van der Waals surface area contributed by atoms with Gasteiger partial charge in [0, 0.05) is 11.6 Å². The van der Waals surface area contributed by atoms with Crippen molar-refractivity contribution in [1.29, 1.82) is 0 Å². The van der Waals surface area contributed by atoms with Gasteiger partial charge in [-0.2, -0.15) is 8.78 Å². The van der Waals surface area contributed by atoms with Crippen LogP contribution in [0.5, 0.6) is 5.75 Å². The molecule has 1 heterocycles. The van der Waals surface area contributed by atoms with E-state index >= 15 is 0 Å². The zero-order chi connectivity index (χ0) is 15.4. The molecule has 3 atom stereocenters. The Hall–Kier alpha value is -1.69. The highest BCUT2D eigenvalue weighted by atomic mass is 19.3. The lowest BCUT2D eigenvalue weighted by Gasteiger charge is -2.21. The third kappa shape index (κ3) is 3.91. The molecule has 0 bridgehead atoms. The van der Waals surface area contributed by atoms with Crippen molar-refractivity contribution in [2.45, 2.75) is 39.0 Å². The van der Waals surface area contributed by atoms with Crippen molar-refractivity contribution in [2.24, 2.45) is 5.92 Å². The number of ether oxygens (including phenoxy) is 1. The Balaban J connectivity index is 2.06.